The van der Waals surface area contributed by atoms with Crippen molar-refractivity contribution in [2.45, 2.75) is 12.3 Å². The van der Waals surface area contributed by atoms with E-state index in [0.717, 1.165) is 18.7 Å². The highest BCUT2D eigenvalue weighted by atomic mass is 16.1. The van der Waals surface area contributed by atoms with Crippen molar-refractivity contribution in [1.82, 2.24) is 15.5 Å². The van der Waals surface area contributed by atoms with E-state index < -0.39 is 0 Å². The third-order valence-corrected chi connectivity index (χ3v) is 2.21. The smallest absolute Gasteiger partial charge is 0.142 e. The summed E-state index contributed by atoms with van der Waals surface area (Å²) < 4.78 is 0. The van der Waals surface area contributed by atoms with E-state index in [2.05, 4.69) is 15.5 Å². The Hall–Kier alpha value is -1.16. The molecule has 4 heteroatoms. The third-order valence-electron chi connectivity index (χ3n) is 2.21. The van der Waals surface area contributed by atoms with Crippen LogP contribution < -0.4 is 5.32 Å². The molecule has 1 aromatic heterocycles. The van der Waals surface area contributed by atoms with Crippen LogP contribution in [0.1, 0.15) is 17.9 Å². The number of piperidine rings is 1. The Bertz CT molecular complexity index is 268. The molecule has 1 saturated heterocycles. The lowest BCUT2D eigenvalue weighted by Crippen LogP contribution is -2.35. The average Bonchev–Trinajstić information content (AvgIpc) is 2.57. The van der Waals surface area contributed by atoms with Crippen molar-refractivity contribution in [3.05, 3.63) is 18.0 Å². The van der Waals surface area contributed by atoms with Gasteiger partial charge in [-0.05, 0) is 0 Å². The van der Waals surface area contributed by atoms with Gasteiger partial charge in [0, 0.05) is 31.3 Å². The van der Waals surface area contributed by atoms with Crippen LogP contribution in [0.2, 0.25) is 0 Å². The Balaban J connectivity index is 2.17. The Morgan fingerprint density at radius 3 is 3.17 bits per heavy atom. The fourth-order valence-corrected chi connectivity index (χ4v) is 1.50. The maximum atomic E-state index is 11.4. The Morgan fingerprint density at radius 2 is 2.50 bits per heavy atom. The van der Waals surface area contributed by atoms with Crippen LogP contribution in [0.25, 0.3) is 0 Å². The number of aromatic nitrogens is 2. The monoisotopic (exact) mass is 165 g/mol. The number of carbonyl (C=O) groups excluding carboxylic acids is 1. The number of H-pyrrole nitrogens is 1. The van der Waals surface area contributed by atoms with Crippen LogP contribution in [-0.4, -0.2) is 29.1 Å². The van der Waals surface area contributed by atoms with Crippen molar-refractivity contribution in [1.29, 1.82) is 0 Å². The van der Waals surface area contributed by atoms with Gasteiger partial charge in [0.25, 0.3) is 0 Å². The molecule has 0 saturated carbocycles. The van der Waals surface area contributed by atoms with Crippen LogP contribution in [0.4, 0.5) is 0 Å². The number of aromatic amines is 1. The first-order chi connectivity index (χ1) is 5.88. The van der Waals surface area contributed by atoms with Gasteiger partial charge in [0.2, 0.25) is 0 Å². The first-order valence-electron chi connectivity index (χ1n) is 4.10. The topological polar surface area (TPSA) is 57.8 Å². The zero-order valence-electron chi connectivity index (χ0n) is 6.71. The minimum atomic E-state index is 0.0116. The Kier molecular flexibility index (Phi) is 1.91. The van der Waals surface area contributed by atoms with Crippen molar-refractivity contribution in [3.63, 3.8) is 0 Å². The van der Waals surface area contributed by atoms with Gasteiger partial charge in [0.15, 0.2) is 0 Å². The highest BCUT2D eigenvalue weighted by Gasteiger charge is 2.23. The lowest BCUT2D eigenvalue weighted by molar-refractivity contribution is -0.121. The largest absolute Gasteiger partial charge is 0.315 e. The first-order valence-corrected chi connectivity index (χ1v) is 4.10. The zero-order chi connectivity index (χ0) is 8.39. The molecule has 0 aromatic carbocycles. The molecule has 1 aromatic rings. The molecule has 4 nitrogen and oxygen atoms in total. The number of nitrogens with zero attached hydrogens (tertiary/aromatic N) is 1. The predicted molar refractivity (Wildman–Crippen MR) is 43.8 cm³/mol. The van der Waals surface area contributed by atoms with Gasteiger partial charge in [-0.1, -0.05) is 0 Å². The van der Waals surface area contributed by atoms with Crippen molar-refractivity contribution in [2.24, 2.45) is 0 Å². The summed E-state index contributed by atoms with van der Waals surface area (Å²) in [6.07, 6.45) is 4.14. The van der Waals surface area contributed by atoms with Crippen LogP contribution in [0.3, 0.4) is 0 Å². The molecule has 1 aliphatic heterocycles. The zero-order valence-corrected chi connectivity index (χ0v) is 6.71. The summed E-state index contributed by atoms with van der Waals surface area (Å²) >= 11 is 0. The van der Waals surface area contributed by atoms with Crippen LogP contribution in [0.15, 0.2) is 12.4 Å². The molecule has 0 radical (unpaired) electrons. The summed E-state index contributed by atoms with van der Waals surface area (Å²) in [6.45, 7) is 1.56. The predicted octanol–water partition coefficient (Wildman–Crippen LogP) is 0.0557. The molecular weight excluding hydrogens is 154 g/mol. The second-order valence-corrected chi connectivity index (χ2v) is 3.00. The van der Waals surface area contributed by atoms with Gasteiger partial charge < -0.3 is 5.32 Å². The molecule has 2 rings (SSSR count). The van der Waals surface area contributed by atoms with E-state index in [0.29, 0.717) is 12.2 Å². The fourth-order valence-electron chi connectivity index (χ4n) is 1.50. The van der Waals surface area contributed by atoms with Crippen molar-refractivity contribution in [2.75, 3.05) is 13.1 Å². The Morgan fingerprint density at radius 1 is 1.58 bits per heavy atom. The first kappa shape index (κ1) is 7.49. The quantitative estimate of drug-likeness (QED) is 0.618. The molecule has 1 aliphatic rings. The molecule has 0 spiro atoms. The van der Waals surface area contributed by atoms with Gasteiger partial charge in [0.1, 0.15) is 5.78 Å². The molecule has 2 heterocycles. The molecule has 1 fully saturated rings. The SMILES string of the molecule is O=C1CCNCC1c1cn[nH]c1. The van der Waals surface area contributed by atoms with Gasteiger partial charge >= 0.3 is 0 Å². The van der Waals surface area contributed by atoms with Crippen molar-refractivity contribution in [3.8, 4) is 0 Å². The molecule has 1 unspecified atom stereocenters. The maximum Gasteiger partial charge on any atom is 0.142 e. The fraction of sp³-hybridized carbons (Fsp3) is 0.500. The maximum absolute atomic E-state index is 11.4. The second-order valence-electron chi connectivity index (χ2n) is 3.00. The highest BCUT2D eigenvalue weighted by Crippen LogP contribution is 2.18. The average molecular weight is 165 g/mol. The Labute approximate surface area is 70.4 Å². The van der Waals surface area contributed by atoms with E-state index in [1.165, 1.54) is 0 Å². The van der Waals surface area contributed by atoms with Crippen molar-refractivity contribution < 1.29 is 4.79 Å². The van der Waals surface area contributed by atoms with E-state index in [4.69, 9.17) is 0 Å². The van der Waals surface area contributed by atoms with Crippen LogP contribution in [0, 0.1) is 0 Å². The minimum Gasteiger partial charge on any atom is -0.315 e. The standard InChI is InChI=1S/C8H11N3O/c12-8-1-2-9-5-7(8)6-3-10-11-4-6/h3-4,7,9H,1-2,5H2,(H,10,11). The number of ketones is 1. The van der Waals surface area contributed by atoms with E-state index in [1.54, 1.807) is 12.4 Å². The molecule has 0 bridgehead atoms. The van der Waals surface area contributed by atoms with E-state index >= 15 is 0 Å². The van der Waals surface area contributed by atoms with Gasteiger partial charge in [-0.2, -0.15) is 5.10 Å². The van der Waals surface area contributed by atoms with Crippen LogP contribution in [-0.2, 0) is 4.79 Å². The summed E-state index contributed by atoms with van der Waals surface area (Å²) in [5.74, 6) is 0.327. The third kappa shape index (κ3) is 1.25. The summed E-state index contributed by atoms with van der Waals surface area (Å²) in [5.41, 5.74) is 0.993. The number of hydrogen-bond donors (Lipinski definition) is 2. The molecule has 12 heavy (non-hydrogen) atoms. The van der Waals surface area contributed by atoms with E-state index in [9.17, 15) is 4.79 Å². The van der Waals surface area contributed by atoms with Crippen LogP contribution in [0.5, 0.6) is 0 Å². The van der Waals surface area contributed by atoms with E-state index in [-0.39, 0.29) is 5.92 Å². The number of hydrogen-bond acceptors (Lipinski definition) is 3. The lowest BCUT2D eigenvalue weighted by Gasteiger charge is -2.19. The van der Waals surface area contributed by atoms with E-state index in [1.807, 2.05) is 0 Å². The molecule has 2 N–H and O–H groups in total. The molecule has 0 amide bonds. The van der Waals surface area contributed by atoms with Gasteiger partial charge in [-0.15, -0.1) is 0 Å². The molecule has 64 valence electrons. The number of carbonyl (C=O) groups is 1. The summed E-state index contributed by atoms with van der Waals surface area (Å²) in [5, 5.41) is 9.74. The summed E-state index contributed by atoms with van der Waals surface area (Å²) in [6, 6.07) is 0. The molecule has 0 aliphatic carbocycles. The second kappa shape index (κ2) is 3.06. The van der Waals surface area contributed by atoms with Crippen LogP contribution >= 0.6 is 0 Å². The van der Waals surface area contributed by atoms with Gasteiger partial charge in [-0.25, -0.2) is 0 Å². The normalized spacial score (nSPS) is 24.3. The molecule has 1 atom stereocenters. The summed E-state index contributed by atoms with van der Waals surface area (Å²) in [7, 11) is 0. The van der Waals surface area contributed by atoms with Gasteiger partial charge in [0.05, 0.1) is 12.1 Å². The number of Topliss-reactive ketones (excluding diaryl/α,β-unsaturated/α-hetero) is 1. The summed E-state index contributed by atoms with van der Waals surface area (Å²) in [4.78, 5) is 11.4. The number of rotatable bonds is 1. The highest BCUT2D eigenvalue weighted by molar-refractivity contribution is 5.86. The van der Waals surface area contributed by atoms with Crippen molar-refractivity contribution >= 4 is 5.78 Å². The van der Waals surface area contributed by atoms with Gasteiger partial charge in [-0.3, -0.25) is 9.89 Å². The lowest BCUT2D eigenvalue weighted by atomic mass is 9.93. The minimum absolute atomic E-state index is 0.0116. The number of nitrogens with one attached hydrogen (secondary N) is 2. The molecular formula is C8H11N3O.